The number of carboxylic acid groups (broad SMARTS) is 1. The normalized spacial score (nSPS) is 11.8. The minimum absolute atomic E-state index is 0.0204. The highest BCUT2D eigenvalue weighted by molar-refractivity contribution is 6.42. The number of nitrogens with one attached hydrogen (secondary N) is 1. The summed E-state index contributed by atoms with van der Waals surface area (Å²) in [6, 6.07) is 4.71. The summed E-state index contributed by atoms with van der Waals surface area (Å²) in [5.41, 5.74) is 0. The number of amides is 1. The molecule has 1 aromatic rings. The van der Waals surface area contributed by atoms with E-state index in [1.54, 1.807) is 12.1 Å². The van der Waals surface area contributed by atoms with Gasteiger partial charge in [0.1, 0.15) is 5.75 Å². The Morgan fingerprint density at radius 1 is 1.30 bits per heavy atom. The summed E-state index contributed by atoms with van der Waals surface area (Å²) >= 11 is 11.5. The number of carbonyl (C=O) groups excluding carboxylic acids is 1. The molecule has 8 heteroatoms. The highest BCUT2D eigenvalue weighted by atomic mass is 35.5. The summed E-state index contributed by atoms with van der Waals surface area (Å²) < 4.78 is 5.28. The van der Waals surface area contributed by atoms with Gasteiger partial charge in [0, 0.05) is 6.07 Å². The van der Waals surface area contributed by atoms with Crippen molar-refractivity contribution in [2.24, 2.45) is 0 Å². The molecule has 0 radical (unpaired) electrons. The molecule has 0 bridgehead atoms. The molecule has 0 unspecified atom stereocenters. The lowest BCUT2D eigenvalue weighted by atomic mass is 10.3. The van der Waals surface area contributed by atoms with Crippen LogP contribution < -0.4 is 10.1 Å². The third kappa shape index (κ3) is 5.64. The van der Waals surface area contributed by atoms with Crippen LogP contribution in [0.1, 0.15) is 6.42 Å². The lowest BCUT2D eigenvalue weighted by Crippen LogP contribution is -2.36. The van der Waals surface area contributed by atoms with Crippen LogP contribution in [0.3, 0.4) is 0 Å². The Balaban J connectivity index is 2.28. The second kappa shape index (κ2) is 7.94. The van der Waals surface area contributed by atoms with E-state index in [2.05, 4.69) is 5.32 Å². The van der Waals surface area contributed by atoms with Crippen LogP contribution >= 0.6 is 23.2 Å². The second-order valence-corrected chi connectivity index (χ2v) is 4.65. The molecule has 0 heterocycles. The van der Waals surface area contributed by atoms with E-state index in [1.165, 1.54) is 6.07 Å². The number of aliphatic carboxylic acids is 1. The number of hydrogen-bond donors (Lipinski definition) is 3. The Hall–Kier alpha value is -1.50. The van der Waals surface area contributed by atoms with Gasteiger partial charge in [-0.3, -0.25) is 4.79 Å². The summed E-state index contributed by atoms with van der Waals surface area (Å²) in [6.07, 6.45) is -1.60. The Kier molecular flexibility index (Phi) is 6.57. The van der Waals surface area contributed by atoms with E-state index < -0.39 is 18.0 Å². The van der Waals surface area contributed by atoms with Crippen molar-refractivity contribution < 1.29 is 24.5 Å². The zero-order valence-corrected chi connectivity index (χ0v) is 11.8. The maximum absolute atomic E-state index is 11.3. The Labute approximate surface area is 125 Å². The summed E-state index contributed by atoms with van der Waals surface area (Å²) in [5, 5.41) is 20.4. The van der Waals surface area contributed by atoms with E-state index in [-0.39, 0.29) is 19.6 Å². The maximum atomic E-state index is 11.3. The second-order valence-electron chi connectivity index (χ2n) is 3.83. The molecule has 0 aliphatic carbocycles. The van der Waals surface area contributed by atoms with Gasteiger partial charge in [0.2, 0.25) is 5.91 Å². The maximum Gasteiger partial charge on any atom is 0.334 e. The number of aliphatic hydroxyl groups is 1. The number of carboxylic acids is 1. The molecule has 1 aromatic carbocycles. The van der Waals surface area contributed by atoms with Gasteiger partial charge in [0.05, 0.1) is 29.6 Å². The lowest BCUT2D eigenvalue weighted by Gasteiger charge is -2.09. The summed E-state index contributed by atoms with van der Waals surface area (Å²) in [5.74, 6) is -1.35. The van der Waals surface area contributed by atoms with Crippen LogP contribution in [-0.4, -0.2) is 41.3 Å². The van der Waals surface area contributed by atoms with Crippen LogP contribution in [-0.2, 0) is 9.59 Å². The van der Waals surface area contributed by atoms with Crippen LogP contribution in [0, 0.1) is 0 Å². The molecule has 0 spiro atoms. The molecule has 1 amide bonds. The molecule has 0 fully saturated rings. The van der Waals surface area contributed by atoms with Gasteiger partial charge >= 0.3 is 5.97 Å². The van der Waals surface area contributed by atoms with Gasteiger partial charge in [-0.25, -0.2) is 4.79 Å². The Bertz CT molecular complexity index is 495. The molecule has 0 aromatic heterocycles. The minimum Gasteiger partial charge on any atom is -0.493 e. The van der Waals surface area contributed by atoms with Crippen LogP contribution in [0.15, 0.2) is 18.2 Å². The van der Waals surface area contributed by atoms with Crippen LogP contribution in [0.4, 0.5) is 0 Å². The van der Waals surface area contributed by atoms with E-state index in [1.807, 2.05) is 0 Å². The van der Waals surface area contributed by atoms with Crippen molar-refractivity contribution in [3.05, 3.63) is 28.2 Å². The fourth-order valence-electron chi connectivity index (χ4n) is 1.21. The Morgan fingerprint density at radius 3 is 2.60 bits per heavy atom. The predicted octanol–water partition coefficient (Wildman–Crippen LogP) is 1.32. The smallest absolute Gasteiger partial charge is 0.334 e. The molecule has 0 aliphatic rings. The molecule has 1 rings (SSSR count). The highest BCUT2D eigenvalue weighted by Gasteiger charge is 2.13. The summed E-state index contributed by atoms with van der Waals surface area (Å²) in [6.45, 7) is -0.256. The molecule has 20 heavy (non-hydrogen) atoms. The number of hydrogen-bond acceptors (Lipinski definition) is 4. The molecule has 0 saturated heterocycles. The summed E-state index contributed by atoms with van der Waals surface area (Å²) in [4.78, 5) is 21.7. The first kappa shape index (κ1) is 16.6. The van der Waals surface area contributed by atoms with Crippen molar-refractivity contribution in [2.75, 3.05) is 13.2 Å². The van der Waals surface area contributed by atoms with E-state index in [9.17, 15) is 9.59 Å². The van der Waals surface area contributed by atoms with Crippen LogP contribution in [0.2, 0.25) is 10.0 Å². The number of aliphatic hydroxyl groups excluding tert-OH is 1. The van der Waals surface area contributed by atoms with Crippen LogP contribution in [0.5, 0.6) is 5.75 Å². The Morgan fingerprint density at radius 2 is 2.00 bits per heavy atom. The zero-order chi connectivity index (χ0) is 15.1. The topological polar surface area (TPSA) is 95.9 Å². The first-order valence-electron chi connectivity index (χ1n) is 5.65. The lowest BCUT2D eigenvalue weighted by molar-refractivity contribution is -0.146. The SMILES string of the molecule is O=C(CCOc1ccc(Cl)c(Cl)c1)NC[C@H](O)C(=O)O. The highest BCUT2D eigenvalue weighted by Crippen LogP contribution is 2.26. The summed E-state index contributed by atoms with van der Waals surface area (Å²) in [7, 11) is 0. The van der Waals surface area contributed by atoms with Gasteiger partial charge in [0.15, 0.2) is 6.10 Å². The van der Waals surface area contributed by atoms with Gasteiger partial charge in [-0.2, -0.15) is 0 Å². The number of benzene rings is 1. The zero-order valence-electron chi connectivity index (χ0n) is 10.3. The van der Waals surface area contributed by atoms with Gasteiger partial charge in [-0.05, 0) is 12.1 Å². The van der Waals surface area contributed by atoms with Crippen molar-refractivity contribution in [3.63, 3.8) is 0 Å². The fourth-order valence-corrected chi connectivity index (χ4v) is 1.50. The number of carbonyl (C=O) groups is 2. The van der Waals surface area contributed by atoms with Crippen molar-refractivity contribution in [1.82, 2.24) is 5.32 Å². The molecule has 0 saturated carbocycles. The van der Waals surface area contributed by atoms with Crippen molar-refractivity contribution in [1.29, 1.82) is 0 Å². The molecule has 0 aliphatic heterocycles. The first-order valence-corrected chi connectivity index (χ1v) is 6.41. The standard InChI is InChI=1S/C12H13Cl2NO5/c13-8-2-1-7(5-9(8)14)20-4-3-11(17)15-6-10(16)12(18)19/h1-2,5,10,16H,3-4,6H2,(H,15,17)(H,18,19)/t10-/m0/s1. The third-order valence-electron chi connectivity index (χ3n) is 2.27. The number of ether oxygens (including phenoxy) is 1. The molecular weight excluding hydrogens is 309 g/mol. The number of halogens is 2. The van der Waals surface area contributed by atoms with Gasteiger partial charge in [0.25, 0.3) is 0 Å². The third-order valence-corrected chi connectivity index (χ3v) is 3.01. The van der Waals surface area contributed by atoms with Gasteiger partial charge in [-0.15, -0.1) is 0 Å². The van der Waals surface area contributed by atoms with Gasteiger partial charge < -0.3 is 20.3 Å². The average molecular weight is 322 g/mol. The molecule has 1 atom stereocenters. The molecule has 6 nitrogen and oxygen atoms in total. The molecule has 110 valence electrons. The predicted molar refractivity (Wildman–Crippen MR) is 73.2 cm³/mol. The average Bonchev–Trinajstić information content (AvgIpc) is 2.40. The van der Waals surface area contributed by atoms with E-state index >= 15 is 0 Å². The number of rotatable bonds is 7. The first-order chi connectivity index (χ1) is 9.40. The van der Waals surface area contributed by atoms with E-state index in [0.29, 0.717) is 15.8 Å². The molecule has 3 N–H and O–H groups in total. The van der Waals surface area contributed by atoms with E-state index in [4.69, 9.17) is 38.2 Å². The van der Waals surface area contributed by atoms with Crippen molar-refractivity contribution >= 4 is 35.1 Å². The van der Waals surface area contributed by atoms with E-state index in [0.717, 1.165) is 0 Å². The largest absolute Gasteiger partial charge is 0.493 e. The van der Waals surface area contributed by atoms with Crippen LogP contribution in [0.25, 0.3) is 0 Å². The van der Waals surface area contributed by atoms with Crippen molar-refractivity contribution in [2.45, 2.75) is 12.5 Å². The fraction of sp³-hybridized carbons (Fsp3) is 0.333. The van der Waals surface area contributed by atoms with Crippen molar-refractivity contribution in [3.8, 4) is 5.75 Å². The monoisotopic (exact) mass is 321 g/mol. The molecular formula is C12H13Cl2NO5. The minimum atomic E-state index is -1.62. The quantitative estimate of drug-likeness (QED) is 0.704. The van der Waals surface area contributed by atoms with Gasteiger partial charge in [-0.1, -0.05) is 23.2 Å².